The Bertz CT molecular complexity index is 1480. The van der Waals surface area contributed by atoms with Crippen LogP contribution in [0.3, 0.4) is 0 Å². The van der Waals surface area contributed by atoms with Gasteiger partial charge < -0.3 is 10.6 Å². The van der Waals surface area contributed by atoms with Crippen molar-refractivity contribution >= 4 is 34.1 Å². The number of anilines is 2. The Morgan fingerprint density at radius 1 is 1.06 bits per heavy atom. The highest BCUT2D eigenvalue weighted by atomic mass is 16.2. The minimum Gasteiger partial charge on any atom is -0.326 e. The van der Waals surface area contributed by atoms with Gasteiger partial charge in [-0.05, 0) is 49.6 Å². The van der Waals surface area contributed by atoms with Crippen molar-refractivity contribution in [3.8, 4) is 5.69 Å². The smallest absolute Gasteiger partial charge is 0.293 e. The molecule has 2 aromatic carbocycles. The number of carbonyl (C=O) groups is 2. The van der Waals surface area contributed by atoms with Crippen molar-refractivity contribution in [2.24, 2.45) is 0 Å². The van der Waals surface area contributed by atoms with Crippen molar-refractivity contribution in [1.29, 1.82) is 0 Å². The first-order valence-electron chi connectivity index (χ1n) is 11.1. The standard InChI is InChI=1S/C25H24N6O3/c1-15-6-3-4-9-21(15)31-24-20(13-26-31)23(17-10-11-17)29-30(25(24)34)14-22(33)28-19-8-5-7-18(12-19)27-16(2)32/h3-9,12-13,17H,10-11,14H2,1-2H3,(H,27,32)(H,28,33). The van der Waals surface area contributed by atoms with E-state index in [0.29, 0.717) is 16.9 Å². The molecule has 2 amide bonds. The Morgan fingerprint density at radius 3 is 2.50 bits per heavy atom. The number of nitrogens with zero attached hydrogens (tertiary/aromatic N) is 4. The van der Waals surface area contributed by atoms with Gasteiger partial charge in [-0.1, -0.05) is 24.3 Å². The Morgan fingerprint density at radius 2 is 1.79 bits per heavy atom. The lowest BCUT2D eigenvalue weighted by molar-refractivity contribution is -0.117. The second-order valence-corrected chi connectivity index (χ2v) is 8.54. The third-order valence-electron chi connectivity index (χ3n) is 5.78. The lowest BCUT2D eigenvalue weighted by Crippen LogP contribution is -2.31. The maximum Gasteiger partial charge on any atom is 0.293 e. The summed E-state index contributed by atoms with van der Waals surface area (Å²) in [5.74, 6) is -0.329. The molecule has 172 valence electrons. The molecule has 0 radical (unpaired) electrons. The lowest BCUT2D eigenvalue weighted by Gasteiger charge is -2.12. The molecule has 1 saturated carbocycles. The molecule has 0 spiro atoms. The van der Waals surface area contributed by atoms with E-state index < -0.39 is 5.91 Å². The summed E-state index contributed by atoms with van der Waals surface area (Å²) in [6, 6.07) is 14.5. The zero-order valence-electron chi connectivity index (χ0n) is 18.9. The second kappa shape index (κ2) is 8.58. The summed E-state index contributed by atoms with van der Waals surface area (Å²) < 4.78 is 2.87. The largest absolute Gasteiger partial charge is 0.326 e. The maximum atomic E-state index is 13.5. The van der Waals surface area contributed by atoms with Crippen molar-refractivity contribution in [3.63, 3.8) is 0 Å². The van der Waals surface area contributed by atoms with Crippen LogP contribution >= 0.6 is 0 Å². The van der Waals surface area contributed by atoms with Crippen molar-refractivity contribution in [3.05, 3.63) is 76.3 Å². The van der Waals surface area contributed by atoms with Crippen molar-refractivity contribution < 1.29 is 9.59 Å². The van der Waals surface area contributed by atoms with E-state index >= 15 is 0 Å². The van der Waals surface area contributed by atoms with E-state index in [4.69, 9.17) is 0 Å². The van der Waals surface area contributed by atoms with Gasteiger partial charge in [-0.25, -0.2) is 9.36 Å². The first-order valence-corrected chi connectivity index (χ1v) is 11.1. The van der Waals surface area contributed by atoms with Gasteiger partial charge >= 0.3 is 0 Å². The van der Waals surface area contributed by atoms with Crippen LogP contribution in [0.25, 0.3) is 16.6 Å². The number of rotatable bonds is 6. The second-order valence-electron chi connectivity index (χ2n) is 8.54. The maximum absolute atomic E-state index is 13.5. The Hall–Kier alpha value is -4.27. The van der Waals surface area contributed by atoms with E-state index in [1.807, 2.05) is 31.2 Å². The Labute approximate surface area is 195 Å². The zero-order valence-corrected chi connectivity index (χ0v) is 18.9. The van der Waals surface area contributed by atoms with Gasteiger partial charge in [0.05, 0.1) is 17.6 Å². The third-order valence-corrected chi connectivity index (χ3v) is 5.78. The van der Waals surface area contributed by atoms with Gasteiger partial charge in [0.1, 0.15) is 12.1 Å². The molecule has 2 aromatic heterocycles. The highest BCUT2D eigenvalue weighted by Crippen LogP contribution is 2.41. The number of hydrogen-bond donors (Lipinski definition) is 2. The van der Waals surface area contributed by atoms with Crippen LogP contribution in [-0.2, 0) is 16.1 Å². The van der Waals surface area contributed by atoms with Crippen LogP contribution in [0.2, 0.25) is 0 Å². The van der Waals surface area contributed by atoms with Crippen LogP contribution in [0.5, 0.6) is 0 Å². The third kappa shape index (κ3) is 4.19. The molecule has 1 aliphatic carbocycles. The van der Waals surface area contributed by atoms with Crippen LogP contribution in [0.4, 0.5) is 11.4 Å². The molecule has 1 fully saturated rings. The summed E-state index contributed by atoms with van der Waals surface area (Å²) in [5.41, 5.74) is 3.73. The zero-order chi connectivity index (χ0) is 23.8. The summed E-state index contributed by atoms with van der Waals surface area (Å²) in [7, 11) is 0. The minimum absolute atomic E-state index is 0.203. The van der Waals surface area contributed by atoms with Gasteiger partial charge in [0, 0.05) is 29.6 Å². The van der Waals surface area contributed by atoms with Gasteiger partial charge in [0.25, 0.3) is 5.56 Å². The predicted molar refractivity (Wildman–Crippen MR) is 129 cm³/mol. The van der Waals surface area contributed by atoms with Gasteiger partial charge in [-0.15, -0.1) is 0 Å². The Kier molecular flexibility index (Phi) is 5.45. The number of nitrogens with one attached hydrogen (secondary N) is 2. The van der Waals surface area contributed by atoms with E-state index in [1.54, 1.807) is 35.1 Å². The van der Waals surface area contributed by atoms with E-state index in [9.17, 15) is 14.4 Å². The minimum atomic E-state index is -0.391. The molecule has 0 unspecified atom stereocenters. The summed E-state index contributed by atoms with van der Waals surface area (Å²) in [6.45, 7) is 3.14. The summed E-state index contributed by atoms with van der Waals surface area (Å²) in [4.78, 5) is 37.6. The van der Waals surface area contributed by atoms with Gasteiger partial charge in [-0.3, -0.25) is 14.4 Å². The molecular weight excluding hydrogens is 432 g/mol. The first-order chi connectivity index (χ1) is 16.4. The van der Waals surface area contributed by atoms with Crippen LogP contribution in [-0.4, -0.2) is 31.4 Å². The van der Waals surface area contributed by atoms with Crippen LogP contribution in [0.1, 0.15) is 36.9 Å². The predicted octanol–water partition coefficient (Wildman–Crippen LogP) is 3.37. The molecular formula is C25H24N6O3. The number of carbonyl (C=O) groups excluding carboxylic acids is 2. The molecule has 9 nitrogen and oxygen atoms in total. The fourth-order valence-corrected chi connectivity index (χ4v) is 4.06. The molecule has 2 N–H and O–H groups in total. The molecule has 34 heavy (non-hydrogen) atoms. The SMILES string of the molecule is CC(=O)Nc1cccc(NC(=O)Cn2nc(C3CC3)c3cnn(-c4ccccc4C)c3c2=O)c1. The molecule has 5 rings (SSSR count). The summed E-state index contributed by atoms with van der Waals surface area (Å²) >= 11 is 0. The van der Waals surface area contributed by atoms with E-state index in [0.717, 1.165) is 35.2 Å². The first kappa shape index (κ1) is 21.6. The van der Waals surface area contributed by atoms with E-state index in [1.165, 1.54) is 11.6 Å². The monoisotopic (exact) mass is 456 g/mol. The average Bonchev–Trinajstić information content (AvgIpc) is 3.54. The molecule has 9 heteroatoms. The van der Waals surface area contributed by atoms with Crippen LogP contribution in [0.15, 0.2) is 59.5 Å². The number of hydrogen-bond acceptors (Lipinski definition) is 5. The summed E-state index contributed by atoms with van der Waals surface area (Å²) in [6.07, 6.45) is 3.69. The topological polar surface area (TPSA) is 111 Å². The quantitative estimate of drug-likeness (QED) is 0.462. The van der Waals surface area contributed by atoms with E-state index in [-0.39, 0.29) is 23.9 Å². The number of fused-ring (bicyclic) bond motifs is 1. The fraction of sp³-hybridized carbons (Fsp3) is 0.240. The van der Waals surface area contributed by atoms with Crippen molar-refractivity contribution in [1.82, 2.24) is 19.6 Å². The number of amides is 2. The van der Waals surface area contributed by atoms with Gasteiger partial charge in [0.2, 0.25) is 11.8 Å². The molecule has 0 bridgehead atoms. The number of aromatic nitrogens is 4. The highest BCUT2D eigenvalue weighted by Gasteiger charge is 2.30. The number of benzene rings is 2. The average molecular weight is 457 g/mol. The number of para-hydroxylation sites is 1. The fourth-order valence-electron chi connectivity index (χ4n) is 4.06. The van der Waals surface area contributed by atoms with Crippen LogP contribution in [0, 0.1) is 6.92 Å². The molecule has 4 aromatic rings. The van der Waals surface area contributed by atoms with Crippen molar-refractivity contribution in [2.75, 3.05) is 10.6 Å². The normalized spacial score (nSPS) is 13.1. The molecule has 2 heterocycles. The Balaban J connectivity index is 1.50. The van der Waals surface area contributed by atoms with Gasteiger partial charge in [0.15, 0.2) is 0 Å². The lowest BCUT2D eigenvalue weighted by atomic mass is 10.2. The van der Waals surface area contributed by atoms with Crippen molar-refractivity contribution in [2.45, 2.75) is 39.2 Å². The molecule has 0 atom stereocenters. The molecule has 1 aliphatic rings. The number of aryl methyl sites for hydroxylation is 1. The van der Waals surface area contributed by atoms with Gasteiger partial charge in [-0.2, -0.15) is 10.2 Å². The van der Waals surface area contributed by atoms with E-state index in [2.05, 4.69) is 20.8 Å². The molecule has 0 saturated heterocycles. The van der Waals surface area contributed by atoms with Crippen LogP contribution < -0.4 is 16.2 Å². The molecule has 0 aliphatic heterocycles. The highest BCUT2D eigenvalue weighted by molar-refractivity contribution is 5.93. The summed E-state index contributed by atoms with van der Waals surface area (Å²) in [5, 5.41) is 15.3.